The summed E-state index contributed by atoms with van der Waals surface area (Å²) < 4.78 is 16.7. The Labute approximate surface area is 214 Å². The van der Waals surface area contributed by atoms with Crippen molar-refractivity contribution < 1.29 is 14.6 Å². The molecule has 6 rings (SSSR count). The summed E-state index contributed by atoms with van der Waals surface area (Å²) in [4.78, 5) is 27.7. The van der Waals surface area contributed by atoms with E-state index in [0.29, 0.717) is 29.0 Å². The van der Waals surface area contributed by atoms with E-state index in [-0.39, 0.29) is 17.0 Å². The number of pyridine rings is 2. The van der Waals surface area contributed by atoms with Crippen LogP contribution in [0.3, 0.4) is 0 Å². The number of fused-ring (bicyclic) bond motifs is 8. The van der Waals surface area contributed by atoms with Gasteiger partial charge in [-0.05, 0) is 58.4 Å². The number of nitrogens with zero attached hydrogens (tertiary/aromatic N) is 2. The highest BCUT2D eigenvalue weighted by molar-refractivity contribution is 5.89. The van der Waals surface area contributed by atoms with E-state index >= 15 is 0 Å². The van der Waals surface area contributed by atoms with E-state index in [1.165, 1.54) is 0 Å². The zero-order chi connectivity index (χ0) is 26.4. The highest BCUT2D eigenvalue weighted by atomic mass is 16.5. The molecule has 3 unspecified atom stereocenters. The van der Waals surface area contributed by atoms with Gasteiger partial charge in [0, 0.05) is 36.7 Å². The van der Waals surface area contributed by atoms with Crippen molar-refractivity contribution in [2.75, 3.05) is 0 Å². The van der Waals surface area contributed by atoms with Gasteiger partial charge in [0.05, 0.1) is 22.2 Å². The van der Waals surface area contributed by atoms with Gasteiger partial charge >= 0.3 is 0 Å². The highest BCUT2D eigenvalue weighted by Crippen LogP contribution is 2.58. The minimum absolute atomic E-state index is 0.158. The molecular weight excluding hydrogens is 468 g/mol. The molecule has 1 N–H and O–H groups in total. The number of ether oxygens (including phenoxy) is 2. The Morgan fingerprint density at radius 3 is 1.95 bits per heavy atom. The summed E-state index contributed by atoms with van der Waals surface area (Å²) in [6, 6.07) is 15.3. The van der Waals surface area contributed by atoms with Gasteiger partial charge in [0.25, 0.3) is 11.1 Å². The molecule has 0 fully saturated rings. The first kappa shape index (κ1) is 23.8. The summed E-state index contributed by atoms with van der Waals surface area (Å²) in [7, 11) is 3.52. The van der Waals surface area contributed by atoms with Crippen LogP contribution < -0.4 is 20.6 Å². The van der Waals surface area contributed by atoms with Gasteiger partial charge in [-0.25, -0.2) is 0 Å². The van der Waals surface area contributed by atoms with Crippen molar-refractivity contribution in [2.45, 2.75) is 57.3 Å². The lowest BCUT2D eigenvalue weighted by Crippen LogP contribution is -2.54. The minimum Gasteiger partial charge on any atom is -0.486 e. The zero-order valence-corrected chi connectivity index (χ0v) is 22.0. The van der Waals surface area contributed by atoms with Crippen molar-refractivity contribution in [1.29, 1.82) is 0 Å². The molecule has 0 radical (unpaired) electrons. The number of hydrogen-bond acceptors (Lipinski definition) is 5. The maximum absolute atomic E-state index is 13.9. The molecule has 3 atom stereocenters. The fourth-order valence-electron chi connectivity index (χ4n) is 6.57. The molecule has 7 nitrogen and oxygen atoms in total. The first-order valence-electron chi connectivity index (χ1n) is 12.7. The lowest BCUT2D eigenvalue weighted by molar-refractivity contribution is -0.0788. The van der Waals surface area contributed by atoms with Gasteiger partial charge in [-0.15, -0.1) is 0 Å². The van der Waals surface area contributed by atoms with E-state index in [1.807, 2.05) is 62.4 Å². The molecule has 0 bridgehead atoms. The number of benzene rings is 2. The Morgan fingerprint density at radius 1 is 0.865 bits per heavy atom. The molecule has 4 aromatic rings. The molecule has 37 heavy (non-hydrogen) atoms. The van der Waals surface area contributed by atoms with Crippen LogP contribution in [-0.2, 0) is 14.1 Å². The maximum atomic E-state index is 13.9. The first-order chi connectivity index (χ1) is 17.4. The van der Waals surface area contributed by atoms with Gasteiger partial charge < -0.3 is 23.7 Å². The standard InChI is InChI=1S/C30H32N2O5/c1-29(2,35)15-18-21-24(16-11-7-9-13-19(16)31(5)27(21)33)36-26-22-25(37-30(3,4)23(18)26)17-12-8-10-14-20(17)32(6)28(22)34/h7-14,18,23,26,35H,15H2,1-6H3. The van der Waals surface area contributed by atoms with Crippen molar-refractivity contribution in [1.82, 2.24) is 9.13 Å². The molecule has 2 aromatic heterocycles. The Bertz CT molecular complexity index is 1710. The van der Waals surface area contributed by atoms with E-state index in [0.717, 1.165) is 21.8 Å². The Morgan fingerprint density at radius 2 is 1.38 bits per heavy atom. The van der Waals surface area contributed by atoms with E-state index in [1.54, 1.807) is 37.1 Å². The lowest BCUT2D eigenvalue weighted by atomic mass is 9.65. The summed E-state index contributed by atoms with van der Waals surface area (Å²) in [5.74, 6) is 0.231. The van der Waals surface area contributed by atoms with Crippen molar-refractivity contribution in [3.8, 4) is 11.5 Å². The quantitative estimate of drug-likeness (QED) is 0.437. The topological polar surface area (TPSA) is 82.7 Å². The largest absolute Gasteiger partial charge is 0.486 e. The fraction of sp³-hybridized carbons (Fsp3) is 0.400. The average Bonchev–Trinajstić information content (AvgIpc) is 2.84. The summed E-state index contributed by atoms with van der Waals surface area (Å²) in [5, 5.41) is 12.7. The molecule has 2 aromatic carbocycles. The van der Waals surface area contributed by atoms with Crippen molar-refractivity contribution in [3.63, 3.8) is 0 Å². The number of aryl methyl sites for hydroxylation is 2. The van der Waals surface area contributed by atoms with Crippen molar-refractivity contribution in [3.05, 3.63) is 80.4 Å². The highest BCUT2D eigenvalue weighted by Gasteiger charge is 2.56. The Kier molecular flexibility index (Phi) is 4.96. The molecule has 0 spiro atoms. The lowest BCUT2D eigenvalue weighted by Gasteiger charge is -2.51. The molecule has 2 aliphatic heterocycles. The normalized spacial score (nSPS) is 22.1. The van der Waals surface area contributed by atoms with Crippen LogP contribution in [0.4, 0.5) is 0 Å². The number of rotatable bonds is 2. The van der Waals surface area contributed by atoms with Crippen LogP contribution in [0, 0.1) is 5.92 Å². The van der Waals surface area contributed by atoms with Crippen LogP contribution in [0.2, 0.25) is 0 Å². The third kappa shape index (κ3) is 3.37. The summed E-state index contributed by atoms with van der Waals surface area (Å²) in [6.07, 6.45) is -0.342. The van der Waals surface area contributed by atoms with Gasteiger partial charge in [-0.1, -0.05) is 24.3 Å². The zero-order valence-electron chi connectivity index (χ0n) is 22.0. The summed E-state index contributed by atoms with van der Waals surface area (Å²) in [5.41, 5.74) is 0.326. The predicted molar refractivity (Wildman–Crippen MR) is 144 cm³/mol. The van der Waals surface area contributed by atoms with Crippen LogP contribution in [0.5, 0.6) is 11.5 Å². The molecule has 7 heteroatoms. The van der Waals surface area contributed by atoms with Crippen LogP contribution in [0.25, 0.3) is 21.8 Å². The van der Waals surface area contributed by atoms with Gasteiger partial charge in [0.2, 0.25) is 0 Å². The molecule has 192 valence electrons. The number of hydrogen-bond donors (Lipinski definition) is 1. The van der Waals surface area contributed by atoms with Gasteiger partial charge in [0.1, 0.15) is 28.8 Å². The second-order valence-electron chi connectivity index (χ2n) is 11.6. The fourth-order valence-corrected chi connectivity index (χ4v) is 6.57. The van der Waals surface area contributed by atoms with E-state index < -0.39 is 23.2 Å². The predicted octanol–water partition coefficient (Wildman–Crippen LogP) is 4.56. The third-order valence-electron chi connectivity index (χ3n) is 8.13. The molecule has 0 aliphatic carbocycles. The minimum atomic E-state index is -1.06. The van der Waals surface area contributed by atoms with E-state index in [2.05, 4.69) is 0 Å². The van der Waals surface area contributed by atoms with Crippen LogP contribution in [0.15, 0.2) is 58.1 Å². The number of aliphatic hydroxyl groups is 1. The third-order valence-corrected chi connectivity index (χ3v) is 8.13. The second-order valence-corrected chi connectivity index (χ2v) is 11.6. The van der Waals surface area contributed by atoms with Crippen molar-refractivity contribution in [2.24, 2.45) is 20.0 Å². The smallest absolute Gasteiger partial charge is 0.261 e. The molecule has 0 amide bonds. The second kappa shape index (κ2) is 7.71. The van der Waals surface area contributed by atoms with Gasteiger partial charge in [0.15, 0.2) is 0 Å². The van der Waals surface area contributed by atoms with Crippen LogP contribution in [-0.4, -0.2) is 25.4 Å². The number of para-hydroxylation sites is 2. The van der Waals surface area contributed by atoms with Gasteiger partial charge in [-0.2, -0.15) is 0 Å². The molecular formula is C30H32N2O5. The SMILES string of the molecule is Cn1c(=O)c2c(c3ccccc31)OC1c3c(c4ccccc4n(C)c3=O)OC(C)(C)C1C2CC(C)(C)O. The summed E-state index contributed by atoms with van der Waals surface area (Å²) >= 11 is 0. The Hall–Kier alpha value is -3.58. The van der Waals surface area contributed by atoms with E-state index in [4.69, 9.17) is 9.47 Å². The van der Waals surface area contributed by atoms with Crippen molar-refractivity contribution >= 4 is 21.8 Å². The van der Waals surface area contributed by atoms with Crippen LogP contribution >= 0.6 is 0 Å². The van der Waals surface area contributed by atoms with Crippen LogP contribution in [0.1, 0.15) is 57.3 Å². The molecule has 2 aliphatic rings. The average molecular weight is 501 g/mol. The molecule has 0 saturated carbocycles. The molecule has 0 saturated heterocycles. The molecule has 4 heterocycles. The van der Waals surface area contributed by atoms with E-state index in [9.17, 15) is 14.7 Å². The summed E-state index contributed by atoms with van der Waals surface area (Å²) in [6.45, 7) is 7.47. The first-order valence-corrected chi connectivity index (χ1v) is 12.7. The number of aromatic nitrogens is 2. The monoisotopic (exact) mass is 500 g/mol. The van der Waals surface area contributed by atoms with Gasteiger partial charge in [-0.3, -0.25) is 9.59 Å². The Balaban J connectivity index is 1.73. The maximum Gasteiger partial charge on any atom is 0.261 e.